The molecule has 25 heavy (non-hydrogen) atoms. The standard InChI is InChI=1S/C21H15NO3/c23-20-18-12-16(8-11-19(18)22-21(20)24)15-6-9-17(10-7-15)25-13-14-4-2-1-3-5-14/h1-12H,13H2,(H,22,23,24). The van der Waals surface area contributed by atoms with Crippen LogP contribution in [0.4, 0.5) is 5.69 Å². The highest BCUT2D eigenvalue weighted by Crippen LogP contribution is 2.30. The van der Waals surface area contributed by atoms with Crippen molar-refractivity contribution in [2.24, 2.45) is 0 Å². The van der Waals surface area contributed by atoms with Crippen LogP contribution in [0.3, 0.4) is 0 Å². The van der Waals surface area contributed by atoms with Gasteiger partial charge in [-0.05, 0) is 41.0 Å². The first-order valence-corrected chi connectivity index (χ1v) is 7.97. The molecule has 4 rings (SSSR count). The minimum atomic E-state index is -0.572. The van der Waals surface area contributed by atoms with Crippen LogP contribution in [0.25, 0.3) is 11.1 Å². The van der Waals surface area contributed by atoms with Crippen LogP contribution < -0.4 is 10.1 Å². The molecular weight excluding hydrogens is 314 g/mol. The summed E-state index contributed by atoms with van der Waals surface area (Å²) in [5, 5.41) is 2.56. The molecular formula is C21H15NO3. The summed E-state index contributed by atoms with van der Waals surface area (Å²) < 4.78 is 5.78. The molecule has 1 aliphatic rings. The van der Waals surface area contributed by atoms with Crippen molar-refractivity contribution in [1.82, 2.24) is 0 Å². The summed E-state index contributed by atoms with van der Waals surface area (Å²) in [5.41, 5.74) is 3.95. The summed E-state index contributed by atoms with van der Waals surface area (Å²) in [7, 11) is 0. The summed E-state index contributed by atoms with van der Waals surface area (Å²) >= 11 is 0. The van der Waals surface area contributed by atoms with E-state index in [1.165, 1.54) is 0 Å². The topological polar surface area (TPSA) is 55.4 Å². The monoisotopic (exact) mass is 329 g/mol. The molecule has 1 aliphatic heterocycles. The Balaban J connectivity index is 1.51. The number of Topliss-reactive ketones (excluding diaryl/α,β-unsaturated/α-hetero) is 1. The number of ketones is 1. The van der Waals surface area contributed by atoms with Crippen molar-refractivity contribution in [2.45, 2.75) is 6.61 Å². The quantitative estimate of drug-likeness (QED) is 0.734. The van der Waals surface area contributed by atoms with Crippen LogP contribution in [-0.4, -0.2) is 11.7 Å². The van der Waals surface area contributed by atoms with Crippen molar-refractivity contribution in [1.29, 1.82) is 0 Å². The van der Waals surface area contributed by atoms with Gasteiger partial charge in [0.05, 0.1) is 11.3 Å². The highest BCUT2D eigenvalue weighted by Gasteiger charge is 2.27. The van der Waals surface area contributed by atoms with Crippen LogP contribution in [0.2, 0.25) is 0 Å². The van der Waals surface area contributed by atoms with Crippen molar-refractivity contribution < 1.29 is 14.3 Å². The number of amides is 1. The van der Waals surface area contributed by atoms with Gasteiger partial charge in [0.1, 0.15) is 12.4 Å². The third kappa shape index (κ3) is 3.02. The average molecular weight is 329 g/mol. The normalized spacial score (nSPS) is 12.6. The number of nitrogens with one attached hydrogen (secondary N) is 1. The van der Waals surface area contributed by atoms with Gasteiger partial charge in [0, 0.05) is 0 Å². The summed E-state index contributed by atoms with van der Waals surface area (Å²) in [6, 6.07) is 23.0. The smallest absolute Gasteiger partial charge is 0.296 e. The minimum Gasteiger partial charge on any atom is -0.489 e. The van der Waals surface area contributed by atoms with Gasteiger partial charge in [-0.3, -0.25) is 9.59 Å². The zero-order valence-electron chi connectivity index (χ0n) is 13.4. The van der Waals surface area contributed by atoms with Crippen molar-refractivity contribution in [3.8, 4) is 16.9 Å². The molecule has 0 saturated carbocycles. The SMILES string of the molecule is O=C1Nc2ccc(-c3ccc(OCc4ccccc4)cc3)cc2C1=O. The highest BCUT2D eigenvalue weighted by molar-refractivity contribution is 6.51. The van der Waals surface area contributed by atoms with Gasteiger partial charge in [-0.2, -0.15) is 0 Å². The molecule has 4 heteroatoms. The lowest BCUT2D eigenvalue weighted by molar-refractivity contribution is -0.112. The fraction of sp³-hybridized carbons (Fsp3) is 0.0476. The summed E-state index contributed by atoms with van der Waals surface area (Å²) in [5.74, 6) is -0.279. The van der Waals surface area contributed by atoms with Gasteiger partial charge in [-0.15, -0.1) is 0 Å². The number of carbonyl (C=O) groups excluding carboxylic acids is 2. The van der Waals surface area contributed by atoms with E-state index in [2.05, 4.69) is 5.32 Å². The number of benzene rings is 3. The third-order valence-electron chi connectivity index (χ3n) is 4.15. The molecule has 0 bridgehead atoms. The van der Waals surface area contributed by atoms with E-state index in [1.54, 1.807) is 12.1 Å². The fourth-order valence-corrected chi connectivity index (χ4v) is 2.81. The summed E-state index contributed by atoms with van der Waals surface area (Å²) in [4.78, 5) is 23.3. The van der Waals surface area contributed by atoms with Gasteiger partial charge >= 0.3 is 0 Å². The zero-order chi connectivity index (χ0) is 17.2. The van der Waals surface area contributed by atoms with Crippen LogP contribution in [0, 0.1) is 0 Å². The maximum Gasteiger partial charge on any atom is 0.296 e. The molecule has 0 spiro atoms. The number of hydrogen-bond donors (Lipinski definition) is 1. The average Bonchev–Trinajstić information content (AvgIpc) is 2.95. The number of ether oxygens (including phenoxy) is 1. The van der Waals surface area contributed by atoms with Gasteiger partial charge in [0.15, 0.2) is 0 Å². The van der Waals surface area contributed by atoms with Crippen LogP contribution >= 0.6 is 0 Å². The second-order valence-corrected chi connectivity index (χ2v) is 5.84. The summed E-state index contributed by atoms with van der Waals surface area (Å²) in [6.45, 7) is 0.515. The number of rotatable bonds is 4. The fourth-order valence-electron chi connectivity index (χ4n) is 2.81. The molecule has 0 fully saturated rings. The van der Waals surface area contributed by atoms with Gasteiger partial charge in [0.2, 0.25) is 0 Å². The first-order chi connectivity index (χ1) is 12.2. The Labute approximate surface area is 145 Å². The number of anilines is 1. The van der Waals surface area contributed by atoms with Crippen molar-refractivity contribution in [3.05, 3.63) is 83.9 Å². The van der Waals surface area contributed by atoms with Crippen LogP contribution in [0.1, 0.15) is 15.9 Å². The van der Waals surface area contributed by atoms with E-state index < -0.39 is 11.7 Å². The predicted octanol–water partition coefficient (Wildman–Crippen LogP) is 4.07. The Morgan fingerprint density at radius 1 is 0.800 bits per heavy atom. The van der Waals surface area contributed by atoms with E-state index in [1.807, 2.05) is 60.7 Å². The minimum absolute atomic E-state index is 0.423. The van der Waals surface area contributed by atoms with Crippen molar-refractivity contribution >= 4 is 17.4 Å². The molecule has 4 nitrogen and oxygen atoms in total. The van der Waals surface area contributed by atoms with E-state index in [-0.39, 0.29) is 0 Å². The Hall–Kier alpha value is -3.40. The molecule has 122 valence electrons. The lowest BCUT2D eigenvalue weighted by Crippen LogP contribution is -2.12. The van der Waals surface area contributed by atoms with Crippen LogP contribution in [-0.2, 0) is 11.4 Å². The molecule has 0 atom stereocenters. The van der Waals surface area contributed by atoms with Crippen LogP contribution in [0.5, 0.6) is 5.75 Å². The number of fused-ring (bicyclic) bond motifs is 1. The Bertz CT molecular complexity index is 947. The van der Waals surface area contributed by atoms with E-state index in [0.717, 1.165) is 22.4 Å². The molecule has 0 radical (unpaired) electrons. The Morgan fingerprint density at radius 3 is 2.28 bits per heavy atom. The highest BCUT2D eigenvalue weighted by atomic mass is 16.5. The molecule has 0 aliphatic carbocycles. The number of hydrogen-bond acceptors (Lipinski definition) is 3. The van der Waals surface area contributed by atoms with E-state index in [0.29, 0.717) is 17.9 Å². The van der Waals surface area contributed by atoms with Crippen LogP contribution in [0.15, 0.2) is 72.8 Å². The van der Waals surface area contributed by atoms with Crippen molar-refractivity contribution in [2.75, 3.05) is 5.32 Å². The lowest BCUT2D eigenvalue weighted by Gasteiger charge is -2.08. The first-order valence-electron chi connectivity index (χ1n) is 7.97. The molecule has 1 amide bonds. The zero-order valence-corrected chi connectivity index (χ0v) is 13.4. The van der Waals surface area contributed by atoms with Gasteiger partial charge in [-0.25, -0.2) is 0 Å². The van der Waals surface area contributed by atoms with Gasteiger partial charge in [0.25, 0.3) is 11.7 Å². The molecule has 3 aromatic rings. The predicted molar refractivity (Wildman–Crippen MR) is 95.6 cm³/mol. The molecule has 3 aromatic carbocycles. The molecule has 0 saturated heterocycles. The molecule has 0 aromatic heterocycles. The van der Waals surface area contributed by atoms with Crippen molar-refractivity contribution in [3.63, 3.8) is 0 Å². The van der Waals surface area contributed by atoms with E-state index >= 15 is 0 Å². The maximum absolute atomic E-state index is 11.8. The molecule has 1 heterocycles. The lowest BCUT2D eigenvalue weighted by atomic mass is 10.0. The molecule has 1 N–H and O–H groups in total. The molecule has 0 unspecified atom stereocenters. The second kappa shape index (κ2) is 6.24. The summed E-state index contributed by atoms with van der Waals surface area (Å²) in [6.07, 6.45) is 0. The van der Waals surface area contributed by atoms with E-state index in [9.17, 15) is 9.59 Å². The number of carbonyl (C=O) groups is 2. The first kappa shape index (κ1) is 15.1. The largest absolute Gasteiger partial charge is 0.489 e. The maximum atomic E-state index is 11.8. The van der Waals surface area contributed by atoms with Gasteiger partial charge < -0.3 is 10.1 Å². The second-order valence-electron chi connectivity index (χ2n) is 5.84. The Kier molecular flexibility index (Phi) is 3.78. The van der Waals surface area contributed by atoms with Gasteiger partial charge in [-0.1, -0.05) is 48.5 Å². The Morgan fingerprint density at radius 2 is 1.52 bits per heavy atom. The third-order valence-corrected chi connectivity index (χ3v) is 4.15. The van der Waals surface area contributed by atoms with E-state index in [4.69, 9.17) is 4.74 Å².